The van der Waals surface area contributed by atoms with E-state index in [-0.39, 0.29) is 11.0 Å². The second-order valence-electron chi connectivity index (χ2n) is 7.87. The zero-order valence-electron chi connectivity index (χ0n) is 17.7. The Kier molecular flexibility index (Phi) is 6.84. The van der Waals surface area contributed by atoms with Crippen LogP contribution in [0.4, 0.5) is 5.00 Å². The number of hydrogen-bond donors (Lipinski definition) is 2. The largest absolute Gasteiger partial charge is 0.489 e. The summed E-state index contributed by atoms with van der Waals surface area (Å²) in [5, 5.41) is 16.3. The van der Waals surface area contributed by atoms with Crippen LogP contribution in [-0.4, -0.2) is 11.0 Å². The summed E-state index contributed by atoms with van der Waals surface area (Å²) in [6.07, 6.45) is 2.98. The molecule has 32 heavy (non-hydrogen) atoms. The van der Waals surface area contributed by atoms with E-state index in [4.69, 9.17) is 17.0 Å². The van der Waals surface area contributed by atoms with Gasteiger partial charge in [-0.05, 0) is 72.8 Å². The summed E-state index contributed by atoms with van der Waals surface area (Å²) >= 11 is 6.89. The highest BCUT2D eigenvalue weighted by molar-refractivity contribution is 7.80. The molecular formula is C25H23N3O2S2. The maximum Gasteiger partial charge on any atom is 0.257 e. The van der Waals surface area contributed by atoms with Crippen molar-refractivity contribution in [1.82, 2.24) is 5.32 Å². The molecule has 0 aliphatic heterocycles. The van der Waals surface area contributed by atoms with Crippen LogP contribution >= 0.6 is 23.6 Å². The van der Waals surface area contributed by atoms with Crippen molar-refractivity contribution in [1.29, 1.82) is 5.26 Å². The van der Waals surface area contributed by atoms with Gasteiger partial charge in [-0.2, -0.15) is 5.26 Å². The Hall–Kier alpha value is -3.21. The fourth-order valence-electron chi connectivity index (χ4n) is 3.71. The van der Waals surface area contributed by atoms with Crippen LogP contribution < -0.4 is 15.4 Å². The Morgan fingerprint density at radius 3 is 2.69 bits per heavy atom. The SMILES string of the molecule is C[C@@H]1CCc2c(sc(NC(=S)NC(=O)c3ccc(OCc4ccccc4)cc3)c2C#N)C1. The van der Waals surface area contributed by atoms with Gasteiger partial charge in [0.05, 0.1) is 5.56 Å². The average molecular weight is 462 g/mol. The van der Waals surface area contributed by atoms with E-state index in [0.717, 1.165) is 30.4 Å². The number of carbonyl (C=O) groups excluding carboxylic acids is 1. The second-order valence-corrected chi connectivity index (χ2v) is 9.39. The Bertz CT molecular complexity index is 1160. The van der Waals surface area contributed by atoms with E-state index in [2.05, 4.69) is 23.6 Å². The third kappa shape index (κ3) is 5.16. The van der Waals surface area contributed by atoms with Gasteiger partial charge in [0, 0.05) is 10.4 Å². The van der Waals surface area contributed by atoms with Crippen molar-refractivity contribution in [2.45, 2.75) is 32.8 Å². The van der Waals surface area contributed by atoms with Crippen LogP contribution in [0.5, 0.6) is 5.75 Å². The van der Waals surface area contributed by atoms with Gasteiger partial charge >= 0.3 is 0 Å². The predicted octanol–water partition coefficient (Wildman–Crippen LogP) is 5.45. The van der Waals surface area contributed by atoms with Crippen molar-refractivity contribution in [3.05, 3.63) is 81.7 Å². The number of ether oxygens (including phenoxy) is 1. The molecule has 4 rings (SSSR count). The molecule has 1 atom stereocenters. The molecule has 0 unspecified atom stereocenters. The first kappa shape index (κ1) is 22.0. The van der Waals surface area contributed by atoms with E-state index in [1.807, 2.05) is 30.3 Å². The molecule has 2 aromatic carbocycles. The zero-order valence-corrected chi connectivity index (χ0v) is 19.3. The summed E-state index contributed by atoms with van der Waals surface area (Å²) in [5.41, 5.74) is 3.32. The minimum absolute atomic E-state index is 0.183. The molecule has 1 heterocycles. The molecule has 5 nitrogen and oxygen atoms in total. The second kappa shape index (κ2) is 9.94. The summed E-state index contributed by atoms with van der Waals surface area (Å²) in [6.45, 7) is 2.69. The fraction of sp³-hybridized carbons (Fsp3) is 0.240. The minimum Gasteiger partial charge on any atom is -0.489 e. The number of thiocarbonyl (C=S) groups is 1. The number of fused-ring (bicyclic) bond motifs is 1. The third-order valence-electron chi connectivity index (χ3n) is 5.44. The summed E-state index contributed by atoms with van der Waals surface area (Å²) in [7, 11) is 0. The third-order valence-corrected chi connectivity index (χ3v) is 6.82. The molecule has 3 aromatic rings. The molecular weight excluding hydrogens is 438 g/mol. The number of amides is 1. The zero-order chi connectivity index (χ0) is 22.5. The van der Waals surface area contributed by atoms with Crippen molar-refractivity contribution in [3.8, 4) is 11.8 Å². The molecule has 0 bridgehead atoms. The molecule has 0 fully saturated rings. The summed E-state index contributed by atoms with van der Waals surface area (Å²) in [4.78, 5) is 13.8. The summed E-state index contributed by atoms with van der Waals surface area (Å²) in [6, 6.07) is 19.1. The highest BCUT2D eigenvalue weighted by Gasteiger charge is 2.24. The monoisotopic (exact) mass is 461 g/mol. The van der Waals surface area contributed by atoms with Gasteiger partial charge in [0.15, 0.2) is 5.11 Å². The number of rotatable bonds is 5. The topological polar surface area (TPSA) is 74.2 Å². The first-order valence-corrected chi connectivity index (χ1v) is 11.7. The van der Waals surface area contributed by atoms with Crippen molar-refractivity contribution < 1.29 is 9.53 Å². The van der Waals surface area contributed by atoms with E-state index >= 15 is 0 Å². The number of nitrogens with one attached hydrogen (secondary N) is 2. The van der Waals surface area contributed by atoms with Gasteiger partial charge < -0.3 is 10.1 Å². The number of benzene rings is 2. The lowest BCUT2D eigenvalue weighted by Crippen LogP contribution is -2.34. The van der Waals surface area contributed by atoms with Gasteiger partial charge in [0.25, 0.3) is 5.91 Å². The van der Waals surface area contributed by atoms with Crippen LogP contribution in [0.3, 0.4) is 0 Å². The van der Waals surface area contributed by atoms with Gasteiger partial charge in [-0.25, -0.2) is 0 Å². The predicted molar refractivity (Wildman–Crippen MR) is 131 cm³/mol. The van der Waals surface area contributed by atoms with Gasteiger partial charge in [0.1, 0.15) is 23.4 Å². The smallest absolute Gasteiger partial charge is 0.257 e. The van der Waals surface area contributed by atoms with Crippen LogP contribution in [0.25, 0.3) is 0 Å². The fourth-order valence-corrected chi connectivity index (χ4v) is 5.34. The molecule has 2 N–H and O–H groups in total. The highest BCUT2D eigenvalue weighted by Crippen LogP contribution is 2.39. The maximum absolute atomic E-state index is 12.6. The first-order chi connectivity index (χ1) is 15.5. The van der Waals surface area contributed by atoms with Crippen LogP contribution in [0.2, 0.25) is 0 Å². The molecule has 0 saturated heterocycles. The Morgan fingerprint density at radius 1 is 1.22 bits per heavy atom. The van der Waals surface area contributed by atoms with E-state index in [1.54, 1.807) is 35.6 Å². The Balaban J connectivity index is 1.35. The lowest BCUT2D eigenvalue weighted by Gasteiger charge is -2.17. The summed E-state index contributed by atoms with van der Waals surface area (Å²) in [5.74, 6) is 0.987. The van der Waals surface area contributed by atoms with Crippen LogP contribution in [0.1, 0.15) is 45.3 Å². The molecule has 0 saturated carbocycles. The number of carbonyl (C=O) groups is 1. The van der Waals surface area contributed by atoms with Gasteiger partial charge in [-0.1, -0.05) is 37.3 Å². The van der Waals surface area contributed by atoms with E-state index in [0.29, 0.717) is 34.4 Å². The lowest BCUT2D eigenvalue weighted by atomic mass is 9.89. The first-order valence-electron chi connectivity index (χ1n) is 10.5. The average Bonchev–Trinajstić information content (AvgIpc) is 3.14. The maximum atomic E-state index is 12.6. The molecule has 1 aromatic heterocycles. The molecule has 1 aliphatic rings. The van der Waals surface area contributed by atoms with E-state index < -0.39 is 0 Å². The molecule has 7 heteroatoms. The number of nitriles is 1. The molecule has 1 aliphatic carbocycles. The van der Waals surface area contributed by atoms with Crippen molar-refractivity contribution in [3.63, 3.8) is 0 Å². The summed E-state index contributed by atoms with van der Waals surface area (Å²) < 4.78 is 5.76. The Labute approximate surface area is 197 Å². The molecule has 0 radical (unpaired) electrons. The van der Waals surface area contributed by atoms with Gasteiger partial charge in [-0.15, -0.1) is 11.3 Å². The van der Waals surface area contributed by atoms with Gasteiger partial charge in [0.2, 0.25) is 0 Å². The minimum atomic E-state index is -0.314. The highest BCUT2D eigenvalue weighted by atomic mass is 32.1. The number of hydrogen-bond acceptors (Lipinski definition) is 5. The van der Waals surface area contributed by atoms with Crippen LogP contribution in [0, 0.1) is 17.2 Å². The Morgan fingerprint density at radius 2 is 1.97 bits per heavy atom. The number of anilines is 1. The standard InChI is InChI=1S/C25H23N3O2S2/c1-16-7-12-20-21(14-26)24(32-22(20)13-16)28-25(31)27-23(29)18-8-10-19(11-9-18)30-15-17-5-3-2-4-6-17/h2-6,8-11,16H,7,12-13,15H2,1H3,(H2,27,28,29,31)/t16-/m1/s1. The van der Waals surface area contributed by atoms with E-state index in [1.165, 1.54) is 4.88 Å². The van der Waals surface area contributed by atoms with Gasteiger partial charge in [-0.3, -0.25) is 10.1 Å². The van der Waals surface area contributed by atoms with Crippen LogP contribution in [0.15, 0.2) is 54.6 Å². The van der Waals surface area contributed by atoms with Crippen molar-refractivity contribution >= 4 is 39.6 Å². The van der Waals surface area contributed by atoms with Crippen LogP contribution in [-0.2, 0) is 19.4 Å². The lowest BCUT2D eigenvalue weighted by molar-refractivity contribution is 0.0977. The van der Waals surface area contributed by atoms with Crippen molar-refractivity contribution in [2.24, 2.45) is 5.92 Å². The quantitative estimate of drug-likeness (QED) is 0.494. The normalized spacial score (nSPS) is 14.7. The molecule has 162 valence electrons. The molecule has 0 spiro atoms. The number of thiophene rings is 1. The molecule has 1 amide bonds. The number of nitrogens with zero attached hydrogens (tertiary/aromatic N) is 1. The van der Waals surface area contributed by atoms with E-state index in [9.17, 15) is 10.1 Å². The van der Waals surface area contributed by atoms with Crippen molar-refractivity contribution in [2.75, 3.05) is 5.32 Å².